The highest BCUT2D eigenvalue weighted by Crippen LogP contribution is 2.27. The lowest BCUT2D eigenvalue weighted by molar-refractivity contribution is 1.00. The Balaban J connectivity index is 0.00000112. The third-order valence-electron chi connectivity index (χ3n) is 4.39. The summed E-state index contributed by atoms with van der Waals surface area (Å²) in [4.78, 5) is 37.6. The van der Waals surface area contributed by atoms with Crippen LogP contribution in [0.5, 0.6) is 0 Å². The first-order chi connectivity index (χ1) is 12.7. The van der Waals surface area contributed by atoms with E-state index in [2.05, 4.69) is 19.9 Å². The second-order valence-corrected chi connectivity index (χ2v) is 5.83. The number of hydrogen-bond acceptors (Lipinski definition) is 4. The van der Waals surface area contributed by atoms with E-state index in [1.54, 1.807) is 37.2 Å². The molecule has 0 radical (unpaired) electrons. The molecule has 0 aliphatic carbocycles. The SMILES string of the molecule is Cl.Cl.O=c1[nH]cc(-c2ccc(-c3c[nH]c(=O)n4ccnc34)cc2)c2nccn12. The maximum atomic E-state index is 11.8. The summed E-state index contributed by atoms with van der Waals surface area (Å²) in [7, 11) is 0. The Labute approximate surface area is 169 Å². The Bertz CT molecular complexity index is 1270. The summed E-state index contributed by atoms with van der Waals surface area (Å²) < 4.78 is 2.94. The van der Waals surface area contributed by atoms with Gasteiger partial charge in [-0.05, 0) is 11.1 Å². The smallest absolute Gasteiger partial charge is 0.313 e. The minimum absolute atomic E-state index is 0. The zero-order chi connectivity index (χ0) is 17.7. The fourth-order valence-electron chi connectivity index (χ4n) is 3.12. The molecule has 0 spiro atoms. The topological polar surface area (TPSA) is 100 Å². The first-order valence-corrected chi connectivity index (χ1v) is 7.93. The molecule has 4 heterocycles. The summed E-state index contributed by atoms with van der Waals surface area (Å²) >= 11 is 0. The van der Waals surface area contributed by atoms with Gasteiger partial charge in [0.05, 0.1) is 0 Å². The molecule has 0 aliphatic rings. The van der Waals surface area contributed by atoms with Crippen molar-refractivity contribution in [1.29, 1.82) is 0 Å². The number of halogens is 2. The van der Waals surface area contributed by atoms with Crippen molar-refractivity contribution in [3.8, 4) is 22.3 Å². The normalized spacial score (nSPS) is 10.6. The molecule has 4 aromatic heterocycles. The molecule has 5 aromatic rings. The van der Waals surface area contributed by atoms with Crippen LogP contribution in [0.3, 0.4) is 0 Å². The van der Waals surface area contributed by atoms with Gasteiger partial charge in [0.15, 0.2) is 0 Å². The Hall–Kier alpha value is -3.36. The van der Waals surface area contributed by atoms with E-state index in [0.717, 1.165) is 22.3 Å². The highest BCUT2D eigenvalue weighted by molar-refractivity contribution is 5.85. The molecule has 0 fully saturated rings. The van der Waals surface area contributed by atoms with Crippen LogP contribution in [-0.2, 0) is 0 Å². The molecule has 0 unspecified atom stereocenters. The van der Waals surface area contributed by atoms with Gasteiger partial charge < -0.3 is 9.97 Å². The maximum Gasteiger partial charge on any atom is 0.331 e. The van der Waals surface area contributed by atoms with Gasteiger partial charge in [-0.15, -0.1) is 24.8 Å². The lowest BCUT2D eigenvalue weighted by Crippen LogP contribution is -2.15. The Morgan fingerprint density at radius 2 is 1.07 bits per heavy atom. The second kappa shape index (κ2) is 7.34. The average molecular weight is 417 g/mol. The largest absolute Gasteiger partial charge is 0.331 e. The quantitative estimate of drug-likeness (QED) is 0.461. The summed E-state index contributed by atoms with van der Waals surface area (Å²) in [6.45, 7) is 0. The van der Waals surface area contributed by atoms with E-state index in [9.17, 15) is 9.59 Å². The van der Waals surface area contributed by atoms with Crippen molar-refractivity contribution in [3.63, 3.8) is 0 Å². The van der Waals surface area contributed by atoms with Crippen LogP contribution in [0, 0.1) is 0 Å². The fraction of sp³-hybridized carbons (Fsp3) is 0. The standard InChI is InChI=1S/C18H12N6O2.2ClH/c25-17-21-9-13(15-19-5-7-23(15)17)11-1-2-12(4-3-11)14-10-22-18(26)24-8-6-20-16(14)24;;/h1-10H,(H,21,25)(H,22,26);2*1H. The lowest BCUT2D eigenvalue weighted by Gasteiger charge is -2.07. The van der Waals surface area contributed by atoms with Crippen molar-refractivity contribution in [2.75, 3.05) is 0 Å². The van der Waals surface area contributed by atoms with Crippen LogP contribution < -0.4 is 11.4 Å². The molecule has 28 heavy (non-hydrogen) atoms. The zero-order valence-corrected chi connectivity index (χ0v) is 15.8. The molecule has 2 N–H and O–H groups in total. The van der Waals surface area contributed by atoms with Gasteiger partial charge in [-0.25, -0.2) is 19.6 Å². The van der Waals surface area contributed by atoms with Crippen LogP contribution in [0.4, 0.5) is 0 Å². The number of hydrogen-bond donors (Lipinski definition) is 2. The summed E-state index contributed by atoms with van der Waals surface area (Å²) in [5.74, 6) is 0. The molecule has 0 atom stereocenters. The first-order valence-electron chi connectivity index (χ1n) is 7.93. The molecule has 10 heteroatoms. The van der Waals surface area contributed by atoms with Gasteiger partial charge in [0.1, 0.15) is 11.3 Å². The van der Waals surface area contributed by atoms with Gasteiger partial charge in [0.25, 0.3) is 0 Å². The maximum absolute atomic E-state index is 11.8. The van der Waals surface area contributed by atoms with E-state index in [0.29, 0.717) is 11.3 Å². The number of H-pyrrole nitrogens is 2. The van der Waals surface area contributed by atoms with E-state index in [4.69, 9.17) is 0 Å². The van der Waals surface area contributed by atoms with Crippen molar-refractivity contribution in [3.05, 3.63) is 82.4 Å². The first kappa shape index (κ1) is 19.4. The van der Waals surface area contributed by atoms with Gasteiger partial charge in [0, 0.05) is 48.3 Å². The predicted molar refractivity (Wildman–Crippen MR) is 111 cm³/mol. The molecular weight excluding hydrogens is 403 g/mol. The molecular formula is C18H14Cl2N6O2. The van der Waals surface area contributed by atoms with Crippen molar-refractivity contribution >= 4 is 36.1 Å². The Morgan fingerprint density at radius 3 is 1.46 bits per heavy atom. The van der Waals surface area contributed by atoms with Gasteiger partial charge in [0.2, 0.25) is 0 Å². The third kappa shape index (κ3) is 2.88. The minimum atomic E-state index is -0.229. The highest BCUT2D eigenvalue weighted by atomic mass is 35.5. The number of fused-ring (bicyclic) bond motifs is 2. The van der Waals surface area contributed by atoms with Gasteiger partial charge in [-0.1, -0.05) is 24.3 Å². The van der Waals surface area contributed by atoms with Gasteiger partial charge >= 0.3 is 11.4 Å². The molecule has 0 saturated carbocycles. The van der Waals surface area contributed by atoms with Gasteiger partial charge in [-0.3, -0.25) is 8.80 Å². The number of imidazole rings is 2. The average Bonchev–Trinajstić information content (AvgIpc) is 3.33. The molecule has 0 bridgehead atoms. The molecule has 0 amide bonds. The van der Waals surface area contributed by atoms with Crippen LogP contribution in [0.2, 0.25) is 0 Å². The van der Waals surface area contributed by atoms with Crippen LogP contribution in [0.15, 0.2) is 71.0 Å². The van der Waals surface area contributed by atoms with Crippen molar-refractivity contribution in [2.45, 2.75) is 0 Å². The third-order valence-corrected chi connectivity index (χ3v) is 4.39. The molecule has 8 nitrogen and oxygen atoms in total. The number of benzene rings is 1. The summed E-state index contributed by atoms with van der Waals surface area (Å²) in [5, 5.41) is 0. The summed E-state index contributed by atoms with van der Waals surface area (Å²) in [6, 6.07) is 7.79. The lowest BCUT2D eigenvalue weighted by atomic mass is 10.0. The Morgan fingerprint density at radius 1 is 0.679 bits per heavy atom. The molecule has 5 rings (SSSR count). The summed E-state index contributed by atoms with van der Waals surface area (Å²) in [6.07, 6.45) is 9.76. The van der Waals surface area contributed by atoms with Gasteiger partial charge in [-0.2, -0.15) is 0 Å². The molecule has 0 aliphatic heterocycles. The monoisotopic (exact) mass is 416 g/mol. The van der Waals surface area contributed by atoms with E-state index in [1.165, 1.54) is 8.80 Å². The molecule has 0 saturated heterocycles. The van der Waals surface area contributed by atoms with E-state index < -0.39 is 0 Å². The predicted octanol–water partition coefficient (Wildman–Crippen LogP) is 2.54. The van der Waals surface area contributed by atoms with E-state index >= 15 is 0 Å². The minimum Gasteiger partial charge on any atom is -0.313 e. The van der Waals surface area contributed by atoms with Crippen LogP contribution in [-0.4, -0.2) is 28.7 Å². The molecule has 1 aromatic carbocycles. The number of nitrogens with zero attached hydrogens (tertiary/aromatic N) is 4. The Kier molecular flexibility index (Phi) is 5.08. The van der Waals surface area contributed by atoms with Crippen LogP contribution in [0.25, 0.3) is 33.5 Å². The number of aromatic amines is 2. The van der Waals surface area contributed by atoms with E-state index in [-0.39, 0.29) is 36.2 Å². The number of rotatable bonds is 2. The zero-order valence-electron chi connectivity index (χ0n) is 14.2. The van der Waals surface area contributed by atoms with Crippen molar-refractivity contribution in [1.82, 2.24) is 28.7 Å². The summed E-state index contributed by atoms with van der Waals surface area (Å²) in [5.41, 5.74) is 4.24. The van der Waals surface area contributed by atoms with E-state index in [1.807, 2.05) is 24.3 Å². The highest BCUT2D eigenvalue weighted by Gasteiger charge is 2.10. The van der Waals surface area contributed by atoms with Crippen LogP contribution >= 0.6 is 24.8 Å². The van der Waals surface area contributed by atoms with Crippen LogP contribution in [0.1, 0.15) is 0 Å². The molecule has 142 valence electrons. The van der Waals surface area contributed by atoms with Crippen molar-refractivity contribution in [2.24, 2.45) is 0 Å². The van der Waals surface area contributed by atoms with Crippen molar-refractivity contribution < 1.29 is 0 Å². The number of nitrogens with one attached hydrogen (secondary N) is 2. The fourth-order valence-corrected chi connectivity index (χ4v) is 3.12. The number of aromatic nitrogens is 6. The second-order valence-electron chi connectivity index (χ2n) is 5.83.